The molecule has 0 spiro atoms. The molecule has 0 radical (unpaired) electrons. The van der Waals surface area contributed by atoms with Gasteiger partial charge in [0.2, 0.25) is 0 Å². The minimum atomic E-state index is -4.95. The molecule has 19 heteroatoms. The van der Waals surface area contributed by atoms with E-state index in [2.05, 4.69) is 48.5 Å². The summed E-state index contributed by atoms with van der Waals surface area (Å²) in [6, 6.07) is 0. The van der Waals surface area contributed by atoms with Crippen LogP contribution in [0.5, 0.6) is 0 Å². The van der Waals surface area contributed by atoms with E-state index in [4.69, 9.17) is 37.0 Å². The average molecular weight is 1340 g/mol. The Morgan fingerprint density at radius 2 is 0.505 bits per heavy atom. The Kier molecular flexibility index (Phi) is 61.5. The molecule has 0 aliphatic rings. The molecule has 0 fully saturated rings. The van der Waals surface area contributed by atoms with Gasteiger partial charge < -0.3 is 33.8 Å². The number of hydrogen-bond donors (Lipinski definition) is 3. The third kappa shape index (κ3) is 66.5. The molecule has 5 atom stereocenters. The van der Waals surface area contributed by atoms with E-state index in [1.807, 2.05) is 0 Å². The molecule has 2 unspecified atom stereocenters. The summed E-state index contributed by atoms with van der Waals surface area (Å²) in [6.07, 6.45) is 47.7. The number of aliphatic hydroxyl groups is 1. The number of phosphoric ester groups is 2. The molecule has 0 aromatic carbocycles. The fourth-order valence-corrected chi connectivity index (χ4v) is 12.5. The van der Waals surface area contributed by atoms with E-state index in [9.17, 15) is 43.2 Å². The van der Waals surface area contributed by atoms with Crippen LogP contribution in [-0.4, -0.2) is 96.7 Å². The summed E-state index contributed by atoms with van der Waals surface area (Å²) in [7, 11) is -9.89. The number of rotatable bonds is 70. The van der Waals surface area contributed by atoms with Crippen molar-refractivity contribution in [2.24, 2.45) is 17.8 Å². The maximum Gasteiger partial charge on any atom is 0.472 e. The van der Waals surface area contributed by atoms with Gasteiger partial charge in [0.05, 0.1) is 26.4 Å². The molecule has 3 N–H and O–H groups in total. The van der Waals surface area contributed by atoms with Gasteiger partial charge in [0.25, 0.3) is 0 Å². The number of hydrogen-bond acceptors (Lipinski definition) is 15. The summed E-state index contributed by atoms with van der Waals surface area (Å²) >= 11 is 0. The minimum Gasteiger partial charge on any atom is -0.462 e. The van der Waals surface area contributed by atoms with Crippen LogP contribution >= 0.6 is 15.6 Å². The first-order valence-electron chi connectivity index (χ1n) is 37.3. The predicted molar refractivity (Wildman–Crippen MR) is 368 cm³/mol. The maximum atomic E-state index is 13.0. The zero-order valence-corrected chi connectivity index (χ0v) is 61.1. The number of unbranched alkanes of at least 4 members (excludes halogenated alkanes) is 38. The van der Waals surface area contributed by atoms with Crippen LogP contribution in [0.1, 0.15) is 363 Å². The van der Waals surface area contributed by atoms with Gasteiger partial charge in [-0.15, -0.1) is 0 Å². The van der Waals surface area contributed by atoms with Gasteiger partial charge in [-0.1, -0.05) is 312 Å². The Morgan fingerprint density at radius 1 is 0.297 bits per heavy atom. The lowest BCUT2D eigenvalue weighted by Gasteiger charge is -2.21. The van der Waals surface area contributed by atoms with E-state index < -0.39 is 97.5 Å². The van der Waals surface area contributed by atoms with Crippen molar-refractivity contribution in [1.29, 1.82) is 0 Å². The second-order valence-electron chi connectivity index (χ2n) is 27.4. The van der Waals surface area contributed by atoms with E-state index >= 15 is 0 Å². The molecular weight excluding hydrogens is 1200 g/mol. The Bertz CT molecular complexity index is 1780. The Balaban J connectivity index is 5.15. The van der Waals surface area contributed by atoms with Gasteiger partial charge in [0.15, 0.2) is 12.2 Å². The highest BCUT2D eigenvalue weighted by atomic mass is 31.2. The van der Waals surface area contributed by atoms with Gasteiger partial charge in [0, 0.05) is 25.7 Å². The molecule has 91 heavy (non-hydrogen) atoms. The van der Waals surface area contributed by atoms with Gasteiger partial charge in [0.1, 0.15) is 19.3 Å². The third-order valence-electron chi connectivity index (χ3n) is 16.6. The van der Waals surface area contributed by atoms with Crippen LogP contribution in [0.4, 0.5) is 0 Å². The molecule has 0 rings (SSSR count). The molecule has 0 aliphatic heterocycles. The number of ether oxygens (including phenoxy) is 4. The van der Waals surface area contributed by atoms with E-state index in [0.717, 1.165) is 114 Å². The average Bonchev–Trinajstić information content (AvgIpc) is 3.60. The molecule has 0 bridgehead atoms. The van der Waals surface area contributed by atoms with Gasteiger partial charge in [-0.2, -0.15) is 0 Å². The zero-order valence-electron chi connectivity index (χ0n) is 59.3. The Hall–Kier alpha value is -1.94. The summed E-state index contributed by atoms with van der Waals surface area (Å²) in [5.74, 6) is 0.183. The van der Waals surface area contributed by atoms with Crippen molar-refractivity contribution in [3.8, 4) is 0 Å². The summed E-state index contributed by atoms with van der Waals surface area (Å²) in [5, 5.41) is 10.6. The van der Waals surface area contributed by atoms with Crippen molar-refractivity contribution in [3.05, 3.63) is 0 Å². The molecular formula is C72H140O17P2. The van der Waals surface area contributed by atoms with Crippen LogP contribution in [0.15, 0.2) is 0 Å². The second-order valence-corrected chi connectivity index (χ2v) is 30.3. The van der Waals surface area contributed by atoms with E-state index in [0.29, 0.717) is 25.7 Å². The largest absolute Gasteiger partial charge is 0.472 e. The third-order valence-corrected chi connectivity index (χ3v) is 18.5. The first kappa shape index (κ1) is 89.1. The lowest BCUT2D eigenvalue weighted by molar-refractivity contribution is -0.161. The normalized spacial score (nSPS) is 14.2. The number of carbonyl (C=O) groups is 4. The lowest BCUT2D eigenvalue weighted by atomic mass is 10.0. The standard InChI is InChI=1S/C72H140O17P2/c1-8-9-10-36-46-53-69(74)82-59-67(88-72(77)56-49-42-35-29-28-32-39-45-52-65(6)7)61-86-90(78,79)84-57-66(73)58-85-91(80,81)87-62-68(60-83-70(75)54-47-40-33-26-22-19-15-17-21-25-31-38-44-51-64(4)5)89-71(76)55-48-41-34-27-23-18-14-12-11-13-16-20-24-30-37-43-50-63(2)3/h63-68,73H,8-62H2,1-7H3,(H,78,79)(H,80,81)/t66-,67+,68+/m0/s1. The van der Waals surface area contributed by atoms with Gasteiger partial charge in [-0.05, 0) is 43.4 Å². The van der Waals surface area contributed by atoms with Gasteiger partial charge >= 0.3 is 39.5 Å². The maximum absolute atomic E-state index is 13.0. The quantitative estimate of drug-likeness (QED) is 0.0222. The smallest absolute Gasteiger partial charge is 0.462 e. The van der Waals surface area contributed by atoms with Crippen molar-refractivity contribution >= 4 is 39.5 Å². The Morgan fingerprint density at radius 3 is 0.747 bits per heavy atom. The summed E-state index contributed by atoms with van der Waals surface area (Å²) < 4.78 is 68.1. The lowest BCUT2D eigenvalue weighted by Crippen LogP contribution is -2.30. The summed E-state index contributed by atoms with van der Waals surface area (Å²) in [5.41, 5.74) is 0. The predicted octanol–water partition coefficient (Wildman–Crippen LogP) is 20.6. The number of esters is 4. The SMILES string of the molecule is CCCCCCCC(=O)OC[C@H](COP(=O)(O)OC[C@H](O)COP(=O)(O)OC[C@@H](COC(=O)CCCCCCCCCCCCCCCC(C)C)OC(=O)CCCCCCCCCCCCCCCCCCC(C)C)OC(=O)CCCCCCCCCCC(C)C. The summed E-state index contributed by atoms with van der Waals surface area (Å²) in [6.45, 7) is 11.8. The fraction of sp³-hybridized carbons (Fsp3) is 0.944. The molecule has 0 amide bonds. The van der Waals surface area contributed by atoms with Gasteiger partial charge in [-0.3, -0.25) is 37.3 Å². The fourth-order valence-electron chi connectivity index (χ4n) is 10.9. The van der Waals surface area contributed by atoms with Crippen LogP contribution in [-0.2, 0) is 65.4 Å². The van der Waals surface area contributed by atoms with Crippen LogP contribution in [0.2, 0.25) is 0 Å². The minimum absolute atomic E-state index is 0.103. The second kappa shape index (κ2) is 62.8. The van der Waals surface area contributed by atoms with Crippen LogP contribution in [0, 0.1) is 17.8 Å². The monoisotopic (exact) mass is 1340 g/mol. The highest BCUT2D eigenvalue weighted by molar-refractivity contribution is 7.47. The molecule has 0 aromatic rings. The molecule has 0 aromatic heterocycles. The summed E-state index contributed by atoms with van der Waals surface area (Å²) in [4.78, 5) is 72.3. The van der Waals surface area contributed by atoms with Crippen molar-refractivity contribution in [2.75, 3.05) is 39.6 Å². The topological polar surface area (TPSA) is 237 Å². The van der Waals surface area contributed by atoms with Crippen LogP contribution in [0.3, 0.4) is 0 Å². The van der Waals surface area contributed by atoms with Crippen LogP contribution < -0.4 is 0 Å². The van der Waals surface area contributed by atoms with Gasteiger partial charge in [-0.25, -0.2) is 9.13 Å². The number of phosphoric acid groups is 2. The zero-order chi connectivity index (χ0) is 67.3. The van der Waals surface area contributed by atoms with E-state index in [-0.39, 0.29) is 25.7 Å². The van der Waals surface area contributed by atoms with Crippen LogP contribution in [0.25, 0.3) is 0 Å². The molecule has 540 valence electrons. The molecule has 0 saturated heterocycles. The Labute approximate surface area is 556 Å². The van der Waals surface area contributed by atoms with Crippen molar-refractivity contribution in [1.82, 2.24) is 0 Å². The molecule has 0 saturated carbocycles. The van der Waals surface area contributed by atoms with Crippen molar-refractivity contribution < 1.29 is 80.2 Å². The molecule has 0 aliphatic carbocycles. The first-order valence-corrected chi connectivity index (χ1v) is 40.3. The molecule has 17 nitrogen and oxygen atoms in total. The highest BCUT2D eigenvalue weighted by Crippen LogP contribution is 2.45. The number of carbonyl (C=O) groups excluding carboxylic acids is 4. The van der Waals surface area contributed by atoms with E-state index in [1.54, 1.807) is 0 Å². The molecule has 0 heterocycles. The number of aliphatic hydroxyl groups excluding tert-OH is 1. The van der Waals surface area contributed by atoms with Crippen molar-refractivity contribution in [2.45, 2.75) is 381 Å². The highest BCUT2D eigenvalue weighted by Gasteiger charge is 2.30. The first-order chi connectivity index (χ1) is 43.7. The van der Waals surface area contributed by atoms with Crippen molar-refractivity contribution in [3.63, 3.8) is 0 Å². The van der Waals surface area contributed by atoms with E-state index in [1.165, 1.54) is 167 Å².